The van der Waals surface area contributed by atoms with Gasteiger partial charge in [0.1, 0.15) is 0 Å². The van der Waals surface area contributed by atoms with Gasteiger partial charge in [-0.2, -0.15) is 5.10 Å². The van der Waals surface area contributed by atoms with E-state index in [4.69, 9.17) is 5.73 Å². The first-order chi connectivity index (χ1) is 9.45. The van der Waals surface area contributed by atoms with E-state index in [0.29, 0.717) is 12.5 Å². The molecule has 2 aromatic rings. The second kappa shape index (κ2) is 6.25. The normalized spacial score (nSPS) is 11.7. The van der Waals surface area contributed by atoms with E-state index in [0.717, 1.165) is 15.0 Å². The Morgan fingerprint density at radius 2 is 2.15 bits per heavy atom. The minimum atomic E-state index is 0.398. The lowest BCUT2D eigenvalue weighted by Gasteiger charge is -2.07. The Kier molecular flexibility index (Phi) is 4.64. The summed E-state index contributed by atoms with van der Waals surface area (Å²) in [5, 5.41) is 7.43. The Hall–Kier alpha value is -1.57. The average molecular weight is 383 g/mol. The van der Waals surface area contributed by atoms with Gasteiger partial charge in [0.25, 0.3) is 0 Å². The number of aliphatic imine (C=N–C) groups is 1. The Labute approximate surface area is 132 Å². The van der Waals surface area contributed by atoms with Gasteiger partial charge < -0.3 is 11.1 Å². The van der Waals surface area contributed by atoms with Crippen LogP contribution in [0.5, 0.6) is 0 Å². The zero-order chi connectivity index (χ0) is 14.7. The highest BCUT2D eigenvalue weighted by atomic mass is 127. The van der Waals surface area contributed by atoms with Gasteiger partial charge >= 0.3 is 0 Å². The predicted octanol–water partition coefficient (Wildman–Crippen LogP) is 2.57. The Morgan fingerprint density at radius 3 is 2.75 bits per heavy atom. The molecule has 106 valence electrons. The highest BCUT2D eigenvalue weighted by Gasteiger charge is 2.04. The fraction of sp³-hybridized carbons (Fsp3) is 0.286. The standard InChI is InChI=1S/C14H18IN5/c1-9-4-5-11(6-10(9)2)18-14(16)17-7-13-12(15)8-20(3)19-13/h4-6,8H,7H2,1-3H3,(H3,16,17,18). The van der Waals surface area contributed by atoms with Gasteiger partial charge in [0.2, 0.25) is 0 Å². The number of rotatable bonds is 3. The molecule has 0 bridgehead atoms. The van der Waals surface area contributed by atoms with E-state index in [2.05, 4.69) is 64.0 Å². The molecule has 6 heteroatoms. The lowest BCUT2D eigenvalue weighted by molar-refractivity contribution is 0.743. The van der Waals surface area contributed by atoms with Crippen LogP contribution in [0, 0.1) is 17.4 Å². The summed E-state index contributed by atoms with van der Waals surface area (Å²) in [5.41, 5.74) is 10.3. The number of halogens is 1. The van der Waals surface area contributed by atoms with Crippen molar-refractivity contribution in [2.45, 2.75) is 20.4 Å². The van der Waals surface area contributed by atoms with E-state index >= 15 is 0 Å². The molecular weight excluding hydrogens is 365 g/mol. The molecule has 0 aliphatic carbocycles. The van der Waals surface area contributed by atoms with Crippen LogP contribution in [0.1, 0.15) is 16.8 Å². The van der Waals surface area contributed by atoms with Gasteiger partial charge in [-0.15, -0.1) is 0 Å². The molecule has 0 atom stereocenters. The second-order valence-electron chi connectivity index (χ2n) is 4.72. The number of nitrogens with one attached hydrogen (secondary N) is 1. The van der Waals surface area contributed by atoms with Crippen LogP contribution in [-0.4, -0.2) is 15.7 Å². The molecule has 20 heavy (non-hydrogen) atoms. The zero-order valence-electron chi connectivity index (χ0n) is 11.8. The van der Waals surface area contributed by atoms with Crippen LogP contribution in [0.2, 0.25) is 0 Å². The van der Waals surface area contributed by atoms with Gasteiger partial charge in [0.15, 0.2) is 5.96 Å². The number of hydrogen-bond acceptors (Lipinski definition) is 2. The number of nitrogens with two attached hydrogens (primary N) is 1. The number of guanidine groups is 1. The molecule has 1 aromatic heterocycles. The molecule has 3 N–H and O–H groups in total. The van der Waals surface area contributed by atoms with Crippen molar-refractivity contribution in [3.8, 4) is 0 Å². The number of hydrogen-bond donors (Lipinski definition) is 2. The molecule has 0 aliphatic heterocycles. The summed E-state index contributed by atoms with van der Waals surface area (Å²) in [5.74, 6) is 0.398. The Morgan fingerprint density at radius 1 is 1.40 bits per heavy atom. The Balaban J connectivity index is 2.03. The fourth-order valence-corrected chi connectivity index (χ4v) is 2.46. The third kappa shape index (κ3) is 3.72. The molecular formula is C14H18IN5. The molecule has 0 amide bonds. The molecule has 0 radical (unpaired) electrons. The first-order valence-electron chi connectivity index (χ1n) is 6.28. The molecule has 0 saturated heterocycles. The first-order valence-corrected chi connectivity index (χ1v) is 7.36. The van der Waals surface area contributed by atoms with Crippen molar-refractivity contribution in [3.63, 3.8) is 0 Å². The van der Waals surface area contributed by atoms with E-state index < -0.39 is 0 Å². The zero-order valence-corrected chi connectivity index (χ0v) is 14.0. The van der Waals surface area contributed by atoms with Gasteiger partial charge in [0, 0.05) is 18.9 Å². The molecule has 0 spiro atoms. The summed E-state index contributed by atoms with van der Waals surface area (Å²) >= 11 is 2.25. The van der Waals surface area contributed by atoms with Gasteiger partial charge in [-0.1, -0.05) is 6.07 Å². The van der Waals surface area contributed by atoms with Crippen molar-refractivity contribution in [1.29, 1.82) is 0 Å². The minimum absolute atomic E-state index is 0.398. The summed E-state index contributed by atoms with van der Waals surface area (Å²) in [6, 6.07) is 6.12. The lowest BCUT2D eigenvalue weighted by Crippen LogP contribution is -2.22. The van der Waals surface area contributed by atoms with Crippen molar-refractivity contribution in [1.82, 2.24) is 9.78 Å². The highest BCUT2D eigenvalue weighted by molar-refractivity contribution is 14.1. The molecule has 2 rings (SSSR count). The molecule has 0 aliphatic rings. The van der Waals surface area contributed by atoms with Crippen LogP contribution in [-0.2, 0) is 13.6 Å². The molecule has 0 saturated carbocycles. The van der Waals surface area contributed by atoms with Gasteiger partial charge in [-0.25, -0.2) is 4.99 Å². The third-order valence-electron chi connectivity index (χ3n) is 3.03. The maximum absolute atomic E-state index is 5.90. The summed E-state index contributed by atoms with van der Waals surface area (Å²) in [7, 11) is 1.89. The van der Waals surface area contributed by atoms with E-state index in [1.807, 2.05) is 19.3 Å². The van der Waals surface area contributed by atoms with Crippen molar-refractivity contribution < 1.29 is 0 Å². The third-order valence-corrected chi connectivity index (χ3v) is 3.93. The number of nitrogens with zero attached hydrogens (tertiary/aromatic N) is 3. The SMILES string of the molecule is Cc1ccc(NC(N)=NCc2nn(C)cc2I)cc1C. The van der Waals surface area contributed by atoms with Gasteiger partial charge in [0.05, 0.1) is 15.8 Å². The second-order valence-corrected chi connectivity index (χ2v) is 5.89. The van der Waals surface area contributed by atoms with Crippen molar-refractivity contribution in [2.24, 2.45) is 17.8 Å². The molecule has 1 heterocycles. The number of benzene rings is 1. The number of aromatic nitrogens is 2. The monoisotopic (exact) mass is 383 g/mol. The van der Waals surface area contributed by atoms with Crippen molar-refractivity contribution in [3.05, 3.63) is 44.8 Å². The summed E-state index contributed by atoms with van der Waals surface area (Å²) in [6.07, 6.45) is 1.96. The van der Waals surface area contributed by atoms with Crippen LogP contribution in [0.15, 0.2) is 29.4 Å². The average Bonchev–Trinajstić information content (AvgIpc) is 2.70. The van der Waals surface area contributed by atoms with Crippen LogP contribution in [0.3, 0.4) is 0 Å². The van der Waals surface area contributed by atoms with Crippen LogP contribution >= 0.6 is 22.6 Å². The molecule has 5 nitrogen and oxygen atoms in total. The van der Waals surface area contributed by atoms with E-state index in [1.165, 1.54) is 11.1 Å². The molecule has 0 unspecified atom stereocenters. The predicted molar refractivity (Wildman–Crippen MR) is 90.8 cm³/mol. The van der Waals surface area contributed by atoms with Crippen LogP contribution < -0.4 is 11.1 Å². The van der Waals surface area contributed by atoms with Crippen molar-refractivity contribution >= 4 is 34.2 Å². The summed E-state index contributed by atoms with van der Waals surface area (Å²) in [6.45, 7) is 4.63. The van der Waals surface area contributed by atoms with Crippen molar-refractivity contribution in [2.75, 3.05) is 5.32 Å². The fourth-order valence-electron chi connectivity index (χ4n) is 1.78. The lowest BCUT2D eigenvalue weighted by atomic mass is 10.1. The van der Waals surface area contributed by atoms with Crippen LogP contribution in [0.4, 0.5) is 5.69 Å². The van der Waals surface area contributed by atoms with E-state index in [1.54, 1.807) is 4.68 Å². The van der Waals surface area contributed by atoms with Crippen LogP contribution in [0.25, 0.3) is 0 Å². The number of anilines is 1. The smallest absolute Gasteiger partial charge is 0.193 e. The first kappa shape index (κ1) is 14.8. The Bertz CT molecular complexity index is 645. The summed E-state index contributed by atoms with van der Waals surface area (Å²) in [4.78, 5) is 4.32. The van der Waals surface area contributed by atoms with E-state index in [9.17, 15) is 0 Å². The molecule has 1 aromatic carbocycles. The minimum Gasteiger partial charge on any atom is -0.370 e. The van der Waals surface area contributed by atoms with Gasteiger partial charge in [-0.05, 0) is 59.7 Å². The van der Waals surface area contributed by atoms with Gasteiger partial charge in [-0.3, -0.25) is 4.68 Å². The maximum Gasteiger partial charge on any atom is 0.193 e. The van der Waals surface area contributed by atoms with E-state index in [-0.39, 0.29) is 0 Å². The topological polar surface area (TPSA) is 68.2 Å². The quantitative estimate of drug-likeness (QED) is 0.486. The maximum atomic E-state index is 5.90. The summed E-state index contributed by atoms with van der Waals surface area (Å²) < 4.78 is 2.87. The molecule has 0 fully saturated rings. The highest BCUT2D eigenvalue weighted by Crippen LogP contribution is 2.14. The largest absolute Gasteiger partial charge is 0.370 e. The number of aryl methyl sites for hydroxylation is 3.